The van der Waals surface area contributed by atoms with Crippen LogP contribution in [0.5, 0.6) is 0 Å². The first kappa shape index (κ1) is 9.39. The minimum atomic E-state index is -0.599. The number of hydrogen-bond acceptors (Lipinski definition) is 2. The highest BCUT2D eigenvalue weighted by Gasteiger charge is 2.57. The number of amides is 3. The van der Waals surface area contributed by atoms with Crippen LogP contribution < -0.4 is 10.2 Å². The van der Waals surface area contributed by atoms with Crippen LogP contribution in [0, 0.1) is 0 Å². The van der Waals surface area contributed by atoms with Crippen LogP contribution in [0.4, 0.5) is 10.5 Å². The molecule has 16 heavy (non-hydrogen) atoms. The van der Waals surface area contributed by atoms with Crippen LogP contribution in [-0.2, 0) is 4.79 Å². The standard InChI is InChI=1S/C12H12N2O2/c15-10-12(7-4-8-12)14(11(16)13-10)9-5-2-1-3-6-9/h1-3,5-6H,4,7-8H2,(H,13,15,16). The quantitative estimate of drug-likeness (QED) is 0.726. The van der Waals surface area contributed by atoms with Gasteiger partial charge in [-0.1, -0.05) is 18.2 Å². The Balaban J connectivity index is 2.05. The Kier molecular flexibility index (Phi) is 1.80. The van der Waals surface area contributed by atoms with E-state index in [4.69, 9.17) is 0 Å². The zero-order chi connectivity index (χ0) is 11.2. The molecule has 1 spiro atoms. The van der Waals surface area contributed by atoms with Gasteiger partial charge in [0, 0.05) is 5.69 Å². The highest BCUT2D eigenvalue weighted by molar-refractivity contribution is 6.17. The van der Waals surface area contributed by atoms with Crippen molar-refractivity contribution in [3.63, 3.8) is 0 Å². The first-order chi connectivity index (χ1) is 7.74. The van der Waals surface area contributed by atoms with E-state index in [0.717, 1.165) is 24.9 Å². The number of anilines is 1. The van der Waals surface area contributed by atoms with E-state index in [1.807, 2.05) is 30.3 Å². The van der Waals surface area contributed by atoms with Gasteiger partial charge in [0.1, 0.15) is 5.54 Å². The minimum Gasteiger partial charge on any atom is -0.279 e. The number of benzene rings is 1. The molecule has 1 aliphatic carbocycles. The Morgan fingerprint density at radius 2 is 1.81 bits per heavy atom. The van der Waals surface area contributed by atoms with Crippen molar-refractivity contribution < 1.29 is 9.59 Å². The van der Waals surface area contributed by atoms with Crippen molar-refractivity contribution in [1.29, 1.82) is 0 Å². The minimum absolute atomic E-state index is 0.146. The fourth-order valence-electron chi connectivity index (χ4n) is 2.47. The summed E-state index contributed by atoms with van der Waals surface area (Å²) in [5.74, 6) is -0.146. The predicted octanol–water partition coefficient (Wildman–Crippen LogP) is 1.67. The summed E-state index contributed by atoms with van der Waals surface area (Å²) >= 11 is 0. The number of nitrogens with one attached hydrogen (secondary N) is 1. The molecule has 1 heterocycles. The first-order valence-corrected chi connectivity index (χ1v) is 5.45. The second kappa shape index (κ2) is 3.07. The van der Waals surface area contributed by atoms with E-state index in [-0.39, 0.29) is 11.9 Å². The van der Waals surface area contributed by atoms with E-state index in [2.05, 4.69) is 5.32 Å². The van der Waals surface area contributed by atoms with Crippen LogP contribution in [0.2, 0.25) is 0 Å². The summed E-state index contributed by atoms with van der Waals surface area (Å²) in [7, 11) is 0. The van der Waals surface area contributed by atoms with Gasteiger partial charge in [-0.3, -0.25) is 15.0 Å². The maximum atomic E-state index is 11.8. The van der Waals surface area contributed by atoms with E-state index in [9.17, 15) is 9.59 Å². The fourth-order valence-corrected chi connectivity index (χ4v) is 2.47. The monoisotopic (exact) mass is 216 g/mol. The van der Waals surface area contributed by atoms with E-state index in [1.165, 1.54) is 0 Å². The largest absolute Gasteiger partial charge is 0.329 e. The van der Waals surface area contributed by atoms with Crippen molar-refractivity contribution in [2.45, 2.75) is 24.8 Å². The van der Waals surface area contributed by atoms with Gasteiger partial charge in [-0.25, -0.2) is 4.79 Å². The third kappa shape index (κ3) is 1.04. The lowest BCUT2D eigenvalue weighted by Crippen LogP contribution is -2.55. The van der Waals surface area contributed by atoms with Crippen LogP contribution >= 0.6 is 0 Å². The molecular weight excluding hydrogens is 204 g/mol. The fraction of sp³-hybridized carbons (Fsp3) is 0.333. The van der Waals surface area contributed by atoms with E-state index in [0.29, 0.717) is 0 Å². The molecule has 1 saturated heterocycles. The molecule has 1 saturated carbocycles. The Morgan fingerprint density at radius 1 is 1.12 bits per heavy atom. The Labute approximate surface area is 93.2 Å². The molecule has 2 fully saturated rings. The summed E-state index contributed by atoms with van der Waals surface area (Å²) in [6, 6.07) is 9.06. The molecule has 0 atom stereocenters. The van der Waals surface area contributed by atoms with Crippen LogP contribution in [0.1, 0.15) is 19.3 Å². The van der Waals surface area contributed by atoms with Gasteiger partial charge < -0.3 is 0 Å². The lowest BCUT2D eigenvalue weighted by molar-refractivity contribution is -0.125. The molecule has 4 nitrogen and oxygen atoms in total. The average Bonchev–Trinajstić information content (AvgIpc) is 2.50. The first-order valence-electron chi connectivity index (χ1n) is 5.45. The van der Waals surface area contributed by atoms with Crippen molar-refractivity contribution in [3.05, 3.63) is 30.3 Å². The van der Waals surface area contributed by atoms with E-state index in [1.54, 1.807) is 4.90 Å². The van der Waals surface area contributed by atoms with Gasteiger partial charge in [0.25, 0.3) is 5.91 Å². The van der Waals surface area contributed by atoms with Gasteiger partial charge >= 0.3 is 6.03 Å². The molecule has 3 amide bonds. The van der Waals surface area contributed by atoms with E-state index < -0.39 is 5.54 Å². The van der Waals surface area contributed by atoms with Crippen molar-refractivity contribution in [2.75, 3.05) is 4.90 Å². The molecule has 1 aromatic rings. The predicted molar refractivity (Wildman–Crippen MR) is 59.0 cm³/mol. The normalized spacial score (nSPS) is 22.1. The lowest BCUT2D eigenvalue weighted by atomic mass is 9.75. The summed E-state index contributed by atoms with van der Waals surface area (Å²) in [5.41, 5.74) is 0.198. The molecule has 1 aliphatic heterocycles. The topological polar surface area (TPSA) is 49.4 Å². The molecule has 3 rings (SSSR count). The number of nitrogens with zero attached hydrogens (tertiary/aromatic N) is 1. The Bertz CT molecular complexity index is 451. The number of hydrogen-bond donors (Lipinski definition) is 1. The molecule has 0 aromatic heterocycles. The molecule has 1 aromatic carbocycles. The van der Waals surface area contributed by atoms with Gasteiger partial charge in [0.05, 0.1) is 0 Å². The maximum absolute atomic E-state index is 11.8. The Morgan fingerprint density at radius 3 is 2.38 bits per heavy atom. The summed E-state index contributed by atoms with van der Waals surface area (Å²) in [6.07, 6.45) is 2.53. The van der Waals surface area contributed by atoms with E-state index >= 15 is 0 Å². The second-order valence-corrected chi connectivity index (χ2v) is 4.32. The van der Waals surface area contributed by atoms with Crippen LogP contribution in [-0.4, -0.2) is 17.5 Å². The molecule has 4 heteroatoms. The van der Waals surface area contributed by atoms with Crippen LogP contribution in [0.3, 0.4) is 0 Å². The van der Waals surface area contributed by atoms with Crippen molar-refractivity contribution in [2.24, 2.45) is 0 Å². The number of para-hydroxylation sites is 1. The van der Waals surface area contributed by atoms with Gasteiger partial charge in [-0.05, 0) is 31.4 Å². The molecular formula is C12H12N2O2. The molecule has 82 valence electrons. The van der Waals surface area contributed by atoms with Crippen LogP contribution in [0.15, 0.2) is 30.3 Å². The van der Waals surface area contributed by atoms with Crippen molar-refractivity contribution in [3.8, 4) is 0 Å². The molecule has 0 unspecified atom stereocenters. The maximum Gasteiger partial charge on any atom is 0.329 e. The third-order valence-corrected chi connectivity index (χ3v) is 3.47. The molecule has 0 bridgehead atoms. The van der Waals surface area contributed by atoms with Gasteiger partial charge in [0.15, 0.2) is 0 Å². The summed E-state index contributed by atoms with van der Waals surface area (Å²) in [5, 5.41) is 2.41. The van der Waals surface area contributed by atoms with Gasteiger partial charge in [0.2, 0.25) is 0 Å². The zero-order valence-corrected chi connectivity index (χ0v) is 8.77. The smallest absolute Gasteiger partial charge is 0.279 e. The summed E-state index contributed by atoms with van der Waals surface area (Å²) in [6.45, 7) is 0. The SMILES string of the molecule is O=C1NC(=O)C2(CCC2)N1c1ccccc1. The van der Waals surface area contributed by atoms with Crippen molar-refractivity contribution in [1.82, 2.24) is 5.32 Å². The number of imide groups is 1. The second-order valence-electron chi connectivity index (χ2n) is 4.32. The highest BCUT2D eigenvalue weighted by Crippen LogP contribution is 2.43. The number of carbonyl (C=O) groups is 2. The molecule has 2 aliphatic rings. The number of carbonyl (C=O) groups excluding carboxylic acids is 2. The van der Waals surface area contributed by atoms with Crippen LogP contribution in [0.25, 0.3) is 0 Å². The van der Waals surface area contributed by atoms with Crippen molar-refractivity contribution >= 4 is 17.6 Å². The third-order valence-electron chi connectivity index (χ3n) is 3.47. The summed E-state index contributed by atoms with van der Waals surface area (Å²) < 4.78 is 0. The Hall–Kier alpha value is -1.84. The zero-order valence-electron chi connectivity index (χ0n) is 8.77. The summed E-state index contributed by atoms with van der Waals surface area (Å²) in [4.78, 5) is 25.2. The molecule has 1 N–H and O–H groups in total. The number of rotatable bonds is 1. The molecule has 0 radical (unpaired) electrons. The van der Waals surface area contributed by atoms with Gasteiger partial charge in [-0.2, -0.15) is 0 Å². The number of urea groups is 1. The van der Waals surface area contributed by atoms with Gasteiger partial charge in [-0.15, -0.1) is 0 Å². The average molecular weight is 216 g/mol. The highest BCUT2D eigenvalue weighted by atomic mass is 16.2. The lowest BCUT2D eigenvalue weighted by Gasteiger charge is -2.42.